The second-order valence-corrected chi connectivity index (χ2v) is 14.8. The van der Waals surface area contributed by atoms with Crippen LogP contribution in [0.3, 0.4) is 0 Å². The Hall–Kier alpha value is -3.92. The van der Waals surface area contributed by atoms with Crippen LogP contribution in [0, 0.1) is 6.92 Å². The highest BCUT2D eigenvalue weighted by Gasteiger charge is 2.19. The maximum Gasteiger partial charge on any atom is 0.296 e. The standard InChI is InChI=1S/C29H26ClN7O8S4/c1-17-15-18(9-11-22(17)36-37-23-7-3-6-21-20(23)5-4-8-25(21)48(38,39)40)31-28-33-27(30)34-29(35-28)32-24-16-19(46-14-13-45-47-44-2)10-12-26(24)49(41,42)43/h3-12,15-16H,13-14H2,1-2H3,(H,38,39,40)(H,41,42,43)(H2,31,32,33,34,35). The number of nitrogens with one attached hydrogen (secondary N) is 2. The highest BCUT2D eigenvalue weighted by Crippen LogP contribution is 2.34. The molecule has 4 aromatic carbocycles. The van der Waals surface area contributed by atoms with Crippen LogP contribution in [0.4, 0.5) is 34.6 Å². The zero-order chi connectivity index (χ0) is 35.2. The van der Waals surface area contributed by atoms with Crippen LogP contribution >= 0.6 is 35.7 Å². The van der Waals surface area contributed by atoms with Crippen LogP contribution in [-0.2, 0) is 28.6 Å². The largest absolute Gasteiger partial charge is 0.324 e. The maximum absolute atomic E-state index is 12.1. The number of aryl methyl sites for hydroxylation is 1. The fourth-order valence-corrected chi connectivity index (χ4v) is 7.05. The third-order valence-electron chi connectivity index (χ3n) is 6.49. The van der Waals surface area contributed by atoms with Crippen LogP contribution in [0.25, 0.3) is 10.8 Å². The average molecular weight is 764 g/mol. The minimum Gasteiger partial charge on any atom is -0.324 e. The van der Waals surface area contributed by atoms with E-state index >= 15 is 0 Å². The molecule has 15 nitrogen and oxygen atoms in total. The third-order valence-corrected chi connectivity index (χ3v) is 9.84. The number of benzene rings is 4. The van der Waals surface area contributed by atoms with Crippen molar-refractivity contribution in [1.29, 1.82) is 0 Å². The summed E-state index contributed by atoms with van der Waals surface area (Å²) in [6.07, 6.45) is 0. The van der Waals surface area contributed by atoms with Crippen molar-refractivity contribution in [1.82, 2.24) is 15.0 Å². The molecule has 0 saturated heterocycles. The number of hydrogen-bond acceptors (Lipinski definition) is 15. The van der Waals surface area contributed by atoms with Crippen LogP contribution in [-0.4, -0.2) is 60.4 Å². The monoisotopic (exact) mass is 763 g/mol. The number of aromatic nitrogens is 3. The molecule has 5 aromatic rings. The predicted molar refractivity (Wildman–Crippen MR) is 188 cm³/mol. The molecule has 49 heavy (non-hydrogen) atoms. The molecule has 1 aromatic heterocycles. The van der Waals surface area contributed by atoms with Gasteiger partial charge in [-0.25, -0.2) is 0 Å². The van der Waals surface area contributed by atoms with Crippen molar-refractivity contribution in [2.24, 2.45) is 10.2 Å². The van der Waals surface area contributed by atoms with Gasteiger partial charge in [0.15, 0.2) is 12.3 Å². The first-order chi connectivity index (χ1) is 23.3. The van der Waals surface area contributed by atoms with Crippen LogP contribution < -0.4 is 10.6 Å². The highest BCUT2D eigenvalue weighted by atomic mass is 35.5. The molecule has 0 saturated carbocycles. The molecule has 20 heteroatoms. The molecular weight excluding hydrogens is 738 g/mol. The first-order valence-corrected chi connectivity index (χ1v) is 18.8. The van der Waals surface area contributed by atoms with E-state index in [1.165, 1.54) is 43.1 Å². The third kappa shape index (κ3) is 9.62. The smallest absolute Gasteiger partial charge is 0.296 e. The van der Waals surface area contributed by atoms with Gasteiger partial charge in [-0.2, -0.15) is 36.9 Å². The van der Waals surface area contributed by atoms with E-state index in [2.05, 4.69) is 35.8 Å². The molecule has 0 fully saturated rings. The van der Waals surface area contributed by atoms with Crippen molar-refractivity contribution in [2.45, 2.75) is 21.6 Å². The van der Waals surface area contributed by atoms with Gasteiger partial charge in [0.2, 0.25) is 17.2 Å². The van der Waals surface area contributed by atoms with Gasteiger partial charge in [-0.1, -0.05) is 24.3 Å². The lowest BCUT2D eigenvalue weighted by molar-refractivity contribution is 0.341. The van der Waals surface area contributed by atoms with Crippen LogP contribution in [0.2, 0.25) is 5.28 Å². The number of hydrogen-bond donors (Lipinski definition) is 4. The van der Waals surface area contributed by atoms with Gasteiger partial charge >= 0.3 is 0 Å². The Morgan fingerprint density at radius 3 is 2.22 bits per heavy atom. The summed E-state index contributed by atoms with van der Waals surface area (Å²) in [6, 6.07) is 18.8. The molecule has 0 bridgehead atoms. The molecule has 0 unspecified atom stereocenters. The summed E-state index contributed by atoms with van der Waals surface area (Å²) in [7, 11) is -7.56. The summed E-state index contributed by atoms with van der Waals surface area (Å²) in [4.78, 5) is 12.5. The lowest BCUT2D eigenvalue weighted by Gasteiger charge is -2.13. The van der Waals surface area contributed by atoms with Gasteiger partial charge in [0.05, 0.1) is 30.8 Å². The van der Waals surface area contributed by atoms with E-state index < -0.39 is 25.1 Å². The van der Waals surface area contributed by atoms with Gasteiger partial charge in [-0.05, 0) is 72.6 Å². The number of halogens is 1. The Bertz CT molecular complexity index is 2260. The number of nitrogens with zero attached hydrogens (tertiary/aromatic N) is 5. The zero-order valence-corrected chi connectivity index (χ0v) is 29.5. The van der Waals surface area contributed by atoms with Crippen molar-refractivity contribution in [3.8, 4) is 0 Å². The summed E-state index contributed by atoms with van der Waals surface area (Å²) in [5.74, 6) is 0.477. The van der Waals surface area contributed by atoms with Crippen LogP contribution in [0.5, 0.6) is 0 Å². The molecular formula is C29H26ClN7O8S4. The molecule has 0 aliphatic carbocycles. The SMILES string of the molecule is COSOCCSc1ccc(S(=O)(=O)O)c(Nc2nc(Cl)nc(Nc3ccc(N=Nc4cccc5c(S(=O)(=O)O)cccc45)c(C)c3)n2)c1. The number of rotatable bonds is 14. The maximum atomic E-state index is 12.1. The minimum atomic E-state index is -4.61. The van der Waals surface area contributed by atoms with E-state index in [0.717, 1.165) is 12.3 Å². The van der Waals surface area contributed by atoms with Crippen molar-refractivity contribution >= 4 is 101 Å². The van der Waals surface area contributed by atoms with Gasteiger partial charge in [-0.15, -0.1) is 16.9 Å². The summed E-state index contributed by atoms with van der Waals surface area (Å²) in [5.41, 5.74) is 2.20. The van der Waals surface area contributed by atoms with Crippen molar-refractivity contribution in [2.75, 3.05) is 30.1 Å². The van der Waals surface area contributed by atoms with E-state index in [-0.39, 0.29) is 27.8 Å². The van der Waals surface area contributed by atoms with E-state index in [9.17, 15) is 25.9 Å². The lowest BCUT2D eigenvalue weighted by atomic mass is 10.1. The van der Waals surface area contributed by atoms with E-state index in [4.69, 9.17) is 20.0 Å². The van der Waals surface area contributed by atoms with Gasteiger partial charge in [0.25, 0.3) is 20.2 Å². The Morgan fingerprint density at radius 1 is 0.816 bits per heavy atom. The number of fused-ring (bicyclic) bond motifs is 1. The fraction of sp³-hybridized carbons (Fsp3) is 0.138. The number of azo groups is 1. The first-order valence-electron chi connectivity index (χ1n) is 13.9. The average Bonchev–Trinajstić information content (AvgIpc) is 3.03. The fourth-order valence-electron chi connectivity index (χ4n) is 4.44. The number of anilines is 4. The van der Waals surface area contributed by atoms with Gasteiger partial charge in [0.1, 0.15) is 9.79 Å². The van der Waals surface area contributed by atoms with E-state index in [0.29, 0.717) is 50.7 Å². The molecule has 0 spiro atoms. The van der Waals surface area contributed by atoms with Crippen LogP contribution in [0.1, 0.15) is 5.56 Å². The van der Waals surface area contributed by atoms with Gasteiger partial charge in [0, 0.05) is 27.1 Å². The molecule has 0 radical (unpaired) electrons. The van der Waals surface area contributed by atoms with E-state index in [1.54, 1.807) is 55.5 Å². The second-order valence-electron chi connectivity index (χ2n) is 9.84. The Morgan fingerprint density at radius 2 is 1.51 bits per heavy atom. The van der Waals surface area contributed by atoms with Crippen molar-refractivity contribution < 1.29 is 34.3 Å². The van der Waals surface area contributed by atoms with E-state index in [1.807, 2.05) is 0 Å². The Kier molecular flexibility index (Phi) is 11.7. The molecule has 256 valence electrons. The molecule has 0 atom stereocenters. The highest BCUT2D eigenvalue weighted by molar-refractivity contribution is 7.99. The van der Waals surface area contributed by atoms with Crippen molar-refractivity contribution in [3.63, 3.8) is 0 Å². The Balaban J connectivity index is 1.34. The quantitative estimate of drug-likeness (QED) is 0.0280. The number of thioether (sulfide) groups is 1. The first kappa shape index (κ1) is 36.4. The summed E-state index contributed by atoms with van der Waals surface area (Å²) in [5, 5.41) is 15.1. The van der Waals surface area contributed by atoms with Crippen LogP contribution in [0.15, 0.2) is 97.7 Å². The predicted octanol–water partition coefficient (Wildman–Crippen LogP) is 7.70. The molecule has 5 rings (SSSR count). The Labute approximate surface area is 294 Å². The summed E-state index contributed by atoms with van der Waals surface area (Å²) >= 11 is 8.40. The molecule has 1 heterocycles. The lowest BCUT2D eigenvalue weighted by Crippen LogP contribution is -2.07. The normalized spacial score (nSPS) is 12.1. The molecule has 0 aliphatic heterocycles. The summed E-state index contributed by atoms with van der Waals surface area (Å²) in [6.45, 7) is 2.16. The topological polar surface area (TPSA) is 215 Å². The molecule has 0 aliphatic rings. The molecule has 0 amide bonds. The summed E-state index contributed by atoms with van der Waals surface area (Å²) < 4.78 is 77.2. The second kappa shape index (κ2) is 15.7. The van der Waals surface area contributed by atoms with Crippen molar-refractivity contribution in [3.05, 3.63) is 83.6 Å². The van der Waals surface area contributed by atoms with Gasteiger partial charge < -0.3 is 10.6 Å². The minimum absolute atomic E-state index is 0.0128. The van der Waals surface area contributed by atoms with Gasteiger partial charge in [-0.3, -0.25) is 17.5 Å². The molecule has 4 N–H and O–H groups in total. The zero-order valence-electron chi connectivity index (χ0n) is 25.4.